The maximum Gasteiger partial charge on any atom is 0.153 e. The van der Waals surface area contributed by atoms with Crippen molar-refractivity contribution < 1.29 is 8.42 Å². The lowest BCUT2D eigenvalue weighted by molar-refractivity contribution is 0.226. The molecule has 0 bridgehead atoms. The summed E-state index contributed by atoms with van der Waals surface area (Å²) in [7, 11) is -2.83. The van der Waals surface area contributed by atoms with E-state index in [4.69, 9.17) is 0 Å². The maximum atomic E-state index is 11.8. The molecular weight excluding hydrogens is 248 g/mol. The summed E-state index contributed by atoms with van der Waals surface area (Å²) >= 11 is 0. The highest BCUT2D eigenvalue weighted by Gasteiger charge is 2.41. The molecule has 4 nitrogen and oxygen atoms in total. The number of hydrogen-bond donors (Lipinski definition) is 1. The van der Waals surface area contributed by atoms with Crippen molar-refractivity contribution in [1.29, 1.82) is 0 Å². The van der Waals surface area contributed by atoms with Gasteiger partial charge in [0.15, 0.2) is 9.84 Å². The van der Waals surface area contributed by atoms with Crippen molar-refractivity contribution in [1.82, 2.24) is 10.2 Å². The van der Waals surface area contributed by atoms with E-state index in [1.54, 1.807) is 0 Å². The summed E-state index contributed by atoms with van der Waals surface area (Å²) in [6, 6.07) is 0.379. The van der Waals surface area contributed by atoms with Gasteiger partial charge in [0.1, 0.15) is 0 Å². The third kappa shape index (κ3) is 3.68. The molecule has 2 heterocycles. The fourth-order valence-electron chi connectivity index (χ4n) is 3.12. The van der Waals surface area contributed by atoms with Crippen molar-refractivity contribution in [3.8, 4) is 0 Å². The minimum absolute atomic E-state index is 0.157. The molecule has 2 unspecified atom stereocenters. The second kappa shape index (κ2) is 6.35. The van der Waals surface area contributed by atoms with Crippen molar-refractivity contribution in [2.24, 2.45) is 0 Å². The lowest BCUT2D eigenvalue weighted by Crippen LogP contribution is -2.48. The zero-order chi connectivity index (χ0) is 13.0. The van der Waals surface area contributed by atoms with Crippen LogP contribution < -0.4 is 5.32 Å². The molecule has 0 radical (unpaired) electrons. The first-order valence-electron chi connectivity index (χ1n) is 7.30. The first-order valence-corrected chi connectivity index (χ1v) is 9.12. The molecule has 0 aromatic heterocycles. The maximum absolute atomic E-state index is 11.8. The van der Waals surface area contributed by atoms with Crippen LogP contribution in [0.2, 0.25) is 0 Å². The summed E-state index contributed by atoms with van der Waals surface area (Å²) in [5.74, 6) is 0.693. The number of likely N-dealkylation sites (tertiary alicyclic amines) is 1. The van der Waals surface area contributed by atoms with Gasteiger partial charge in [-0.15, -0.1) is 0 Å². The van der Waals surface area contributed by atoms with Gasteiger partial charge in [-0.25, -0.2) is 8.42 Å². The van der Waals surface area contributed by atoms with E-state index < -0.39 is 9.84 Å². The van der Waals surface area contributed by atoms with Crippen LogP contribution in [0.15, 0.2) is 0 Å². The normalized spacial score (nSPS) is 32.1. The van der Waals surface area contributed by atoms with Gasteiger partial charge < -0.3 is 5.32 Å². The molecule has 0 amide bonds. The SMILES string of the molecule is CCCCCNC1CS(=O)(=O)CC1N1CCCC1. The topological polar surface area (TPSA) is 49.4 Å². The highest BCUT2D eigenvalue weighted by atomic mass is 32.2. The smallest absolute Gasteiger partial charge is 0.153 e. The molecule has 2 fully saturated rings. The lowest BCUT2D eigenvalue weighted by atomic mass is 10.1. The highest BCUT2D eigenvalue weighted by Crippen LogP contribution is 2.22. The minimum atomic E-state index is -2.83. The quantitative estimate of drug-likeness (QED) is 0.735. The van der Waals surface area contributed by atoms with E-state index >= 15 is 0 Å². The van der Waals surface area contributed by atoms with E-state index in [0.717, 1.165) is 26.1 Å². The number of unbranched alkanes of at least 4 members (excludes halogenated alkanes) is 2. The highest BCUT2D eigenvalue weighted by molar-refractivity contribution is 7.91. The van der Waals surface area contributed by atoms with E-state index in [1.165, 1.54) is 25.7 Å². The van der Waals surface area contributed by atoms with Crippen LogP contribution in [0.25, 0.3) is 0 Å². The predicted octanol–water partition coefficient (Wildman–Crippen LogP) is 1.03. The van der Waals surface area contributed by atoms with Gasteiger partial charge in [0, 0.05) is 12.1 Å². The molecule has 0 spiro atoms. The Bertz CT molecular complexity index is 350. The van der Waals surface area contributed by atoms with Crippen LogP contribution in [0.4, 0.5) is 0 Å². The van der Waals surface area contributed by atoms with Gasteiger partial charge in [-0.2, -0.15) is 0 Å². The minimum Gasteiger partial charge on any atom is -0.311 e. The Labute approximate surface area is 111 Å². The van der Waals surface area contributed by atoms with Crippen LogP contribution in [0.5, 0.6) is 0 Å². The molecule has 0 saturated carbocycles. The number of rotatable bonds is 6. The van der Waals surface area contributed by atoms with E-state index in [1.807, 2.05) is 0 Å². The molecule has 2 atom stereocenters. The Morgan fingerprint density at radius 2 is 1.89 bits per heavy atom. The van der Waals surface area contributed by atoms with Gasteiger partial charge in [0.05, 0.1) is 11.5 Å². The Kier molecular flexibility index (Phi) is 5.04. The standard InChI is InChI=1S/C13H26N2O2S/c1-2-3-4-7-14-12-10-18(16,17)11-13(12)15-8-5-6-9-15/h12-14H,2-11H2,1H3. The van der Waals surface area contributed by atoms with Gasteiger partial charge >= 0.3 is 0 Å². The fourth-order valence-corrected chi connectivity index (χ4v) is 5.11. The van der Waals surface area contributed by atoms with Crippen LogP contribution in [0.3, 0.4) is 0 Å². The average molecular weight is 274 g/mol. The van der Waals surface area contributed by atoms with E-state index in [2.05, 4.69) is 17.1 Å². The van der Waals surface area contributed by atoms with Crippen LogP contribution >= 0.6 is 0 Å². The predicted molar refractivity (Wildman–Crippen MR) is 74.6 cm³/mol. The molecule has 5 heteroatoms. The van der Waals surface area contributed by atoms with Gasteiger partial charge in [0.25, 0.3) is 0 Å². The molecule has 1 N–H and O–H groups in total. The van der Waals surface area contributed by atoms with Crippen molar-refractivity contribution in [3.63, 3.8) is 0 Å². The van der Waals surface area contributed by atoms with E-state index in [0.29, 0.717) is 11.5 Å². The largest absolute Gasteiger partial charge is 0.311 e. The van der Waals surface area contributed by atoms with Gasteiger partial charge in [-0.1, -0.05) is 19.8 Å². The summed E-state index contributed by atoms with van der Waals surface area (Å²) < 4.78 is 23.7. The fraction of sp³-hybridized carbons (Fsp3) is 1.00. The molecule has 106 valence electrons. The van der Waals surface area contributed by atoms with Gasteiger partial charge in [0.2, 0.25) is 0 Å². The Morgan fingerprint density at radius 3 is 2.56 bits per heavy atom. The molecular formula is C13H26N2O2S. The summed E-state index contributed by atoms with van der Waals surface area (Å²) in [4.78, 5) is 2.38. The van der Waals surface area contributed by atoms with Crippen LogP contribution in [-0.4, -0.2) is 56.5 Å². The number of hydrogen-bond acceptors (Lipinski definition) is 4. The zero-order valence-corrected chi connectivity index (χ0v) is 12.2. The Morgan fingerprint density at radius 1 is 1.17 bits per heavy atom. The summed E-state index contributed by atoms with van der Waals surface area (Å²) in [5, 5.41) is 3.48. The molecule has 0 aliphatic carbocycles. The average Bonchev–Trinajstić information content (AvgIpc) is 2.91. The monoisotopic (exact) mass is 274 g/mol. The van der Waals surface area contributed by atoms with Crippen molar-refractivity contribution >= 4 is 9.84 Å². The van der Waals surface area contributed by atoms with Crippen LogP contribution in [0, 0.1) is 0 Å². The Hall–Kier alpha value is -0.130. The first-order chi connectivity index (χ1) is 8.62. The number of nitrogens with one attached hydrogen (secondary N) is 1. The van der Waals surface area contributed by atoms with E-state index in [-0.39, 0.29) is 12.1 Å². The summed E-state index contributed by atoms with van der Waals surface area (Å²) in [5.41, 5.74) is 0. The van der Waals surface area contributed by atoms with Gasteiger partial charge in [-0.3, -0.25) is 4.90 Å². The summed E-state index contributed by atoms with van der Waals surface area (Å²) in [6.45, 7) is 5.30. The van der Waals surface area contributed by atoms with Crippen molar-refractivity contribution in [3.05, 3.63) is 0 Å². The third-order valence-electron chi connectivity index (χ3n) is 4.12. The van der Waals surface area contributed by atoms with Crippen molar-refractivity contribution in [2.75, 3.05) is 31.1 Å². The molecule has 2 aliphatic rings. The molecule has 0 aromatic carbocycles. The molecule has 2 saturated heterocycles. The van der Waals surface area contributed by atoms with E-state index in [9.17, 15) is 8.42 Å². The molecule has 0 aromatic rings. The lowest BCUT2D eigenvalue weighted by Gasteiger charge is -2.28. The number of nitrogens with zero attached hydrogens (tertiary/aromatic N) is 1. The molecule has 18 heavy (non-hydrogen) atoms. The molecule has 2 aliphatic heterocycles. The summed E-state index contributed by atoms with van der Waals surface area (Å²) in [6.07, 6.45) is 6.03. The number of sulfone groups is 1. The second-order valence-corrected chi connectivity index (χ2v) is 7.81. The van der Waals surface area contributed by atoms with Crippen LogP contribution in [0.1, 0.15) is 39.0 Å². The second-order valence-electron chi connectivity index (χ2n) is 5.66. The van der Waals surface area contributed by atoms with Crippen LogP contribution in [-0.2, 0) is 9.84 Å². The molecule has 2 rings (SSSR count). The van der Waals surface area contributed by atoms with Crippen molar-refractivity contribution in [2.45, 2.75) is 51.1 Å². The third-order valence-corrected chi connectivity index (χ3v) is 5.84. The van der Waals surface area contributed by atoms with Gasteiger partial charge in [-0.05, 0) is 38.9 Å². The Balaban J connectivity index is 1.88. The first kappa shape index (κ1) is 14.3. The zero-order valence-electron chi connectivity index (χ0n) is 11.4.